The fourth-order valence-corrected chi connectivity index (χ4v) is 4.84. The van der Waals surface area contributed by atoms with Crippen molar-refractivity contribution >= 4 is 44.2 Å². The number of fused-ring (bicyclic) bond motifs is 1. The Morgan fingerprint density at radius 2 is 1.88 bits per heavy atom. The van der Waals surface area contributed by atoms with Crippen LogP contribution in [0.4, 0.5) is 5.13 Å². The number of phenols is 1. The van der Waals surface area contributed by atoms with E-state index in [9.17, 15) is 20.1 Å². The number of halogens is 1. The topological polar surface area (TPSA) is 107 Å². The molecule has 0 fully saturated rings. The van der Waals surface area contributed by atoms with E-state index in [0.717, 1.165) is 4.70 Å². The Morgan fingerprint density at radius 3 is 2.52 bits per heavy atom. The first-order chi connectivity index (χ1) is 15.9. The van der Waals surface area contributed by atoms with Crippen molar-refractivity contribution in [1.29, 1.82) is 0 Å². The van der Waals surface area contributed by atoms with Crippen molar-refractivity contribution in [3.05, 3.63) is 95.3 Å². The SMILES string of the molecule is C=C(C(O)c1cccnc1)C(c1ccc(O)cc1)N(C(=O)CO)c1nc2c(Cl)cccc2s1. The number of nitrogens with zero attached hydrogens (tertiary/aromatic N) is 3. The highest BCUT2D eigenvalue weighted by molar-refractivity contribution is 7.22. The van der Waals surface area contributed by atoms with E-state index in [1.54, 1.807) is 42.6 Å². The van der Waals surface area contributed by atoms with Gasteiger partial charge in [0.1, 0.15) is 24.0 Å². The zero-order valence-electron chi connectivity index (χ0n) is 17.3. The van der Waals surface area contributed by atoms with E-state index in [2.05, 4.69) is 16.5 Å². The molecule has 2 atom stereocenters. The maximum absolute atomic E-state index is 13.0. The molecule has 2 heterocycles. The van der Waals surface area contributed by atoms with Crippen LogP contribution in [0.25, 0.3) is 10.2 Å². The van der Waals surface area contributed by atoms with Crippen molar-refractivity contribution in [1.82, 2.24) is 9.97 Å². The van der Waals surface area contributed by atoms with Gasteiger partial charge in [-0.15, -0.1) is 0 Å². The van der Waals surface area contributed by atoms with Crippen molar-refractivity contribution in [3.8, 4) is 5.75 Å². The minimum absolute atomic E-state index is 0.0442. The molecule has 0 aliphatic heterocycles. The fraction of sp³-hybridized carbons (Fsp3) is 0.125. The number of hydrogen-bond acceptors (Lipinski definition) is 7. The summed E-state index contributed by atoms with van der Waals surface area (Å²) < 4.78 is 0.760. The Kier molecular flexibility index (Phi) is 6.71. The first kappa shape index (κ1) is 22.9. The van der Waals surface area contributed by atoms with Gasteiger partial charge in [-0.3, -0.25) is 14.7 Å². The smallest absolute Gasteiger partial charge is 0.255 e. The molecule has 2 aromatic carbocycles. The summed E-state index contributed by atoms with van der Waals surface area (Å²) in [5, 5.41) is 31.4. The highest BCUT2D eigenvalue weighted by Gasteiger charge is 2.34. The monoisotopic (exact) mass is 481 g/mol. The van der Waals surface area contributed by atoms with Crippen LogP contribution in [0.5, 0.6) is 5.75 Å². The van der Waals surface area contributed by atoms with Crippen molar-refractivity contribution < 1.29 is 20.1 Å². The van der Waals surface area contributed by atoms with E-state index in [0.29, 0.717) is 21.7 Å². The molecule has 0 aliphatic carbocycles. The zero-order chi connectivity index (χ0) is 23.5. The zero-order valence-corrected chi connectivity index (χ0v) is 18.9. The second-order valence-corrected chi connectivity index (χ2v) is 8.68. The molecule has 4 aromatic rings. The number of benzene rings is 2. The minimum atomic E-state index is -1.16. The van der Waals surface area contributed by atoms with Crippen molar-refractivity contribution in [2.45, 2.75) is 12.1 Å². The van der Waals surface area contributed by atoms with E-state index in [1.807, 2.05) is 6.07 Å². The van der Waals surface area contributed by atoms with E-state index in [-0.39, 0.29) is 16.5 Å². The largest absolute Gasteiger partial charge is 0.508 e. The summed E-state index contributed by atoms with van der Waals surface area (Å²) in [5.41, 5.74) is 1.85. The lowest BCUT2D eigenvalue weighted by atomic mass is 9.91. The molecule has 1 amide bonds. The molecular formula is C24H20ClN3O4S. The molecule has 2 aromatic heterocycles. The van der Waals surface area contributed by atoms with Crippen molar-refractivity contribution in [3.63, 3.8) is 0 Å². The van der Waals surface area contributed by atoms with E-state index in [4.69, 9.17) is 11.6 Å². The highest BCUT2D eigenvalue weighted by Crippen LogP contribution is 2.42. The molecule has 0 bridgehead atoms. The van der Waals surface area contributed by atoms with Gasteiger partial charge in [0.2, 0.25) is 0 Å². The van der Waals surface area contributed by atoms with Gasteiger partial charge in [0.05, 0.1) is 15.8 Å². The minimum Gasteiger partial charge on any atom is -0.508 e. The number of rotatable bonds is 7. The van der Waals surface area contributed by atoms with Crippen LogP contribution < -0.4 is 4.90 Å². The first-order valence-corrected chi connectivity index (χ1v) is 11.1. The van der Waals surface area contributed by atoms with Gasteiger partial charge in [-0.25, -0.2) is 4.98 Å². The molecule has 0 saturated carbocycles. The Morgan fingerprint density at radius 1 is 1.12 bits per heavy atom. The molecule has 33 heavy (non-hydrogen) atoms. The molecule has 0 spiro atoms. The summed E-state index contributed by atoms with van der Waals surface area (Å²) >= 11 is 7.52. The number of aromatic hydroxyl groups is 1. The number of anilines is 1. The van der Waals surface area contributed by atoms with Gasteiger partial charge in [0, 0.05) is 18.0 Å². The second kappa shape index (κ2) is 9.68. The first-order valence-electron chi connectivity index (χ1n) is 9.94. The van der Waals surface area contributed by atoms with Gasteiger partial charge in [-0.2, -0.15) is 0 Å². The van der Waals surface area contributed by atoms with E-state index in [1.165, 1.54) is 34.6 Å². The average Bonchev–Trinajstić information content (AvgIpc) is 3.27. The lowest BCUT2D eigenvalue weighted by Crippen LogP contribution is -2.38. The summed E-state index contributed by atoms with van der Waals surface area (Å²) in [6.07, 6.45) is 1.94. The van der Waals surface area contributed by atoms with Gasteiger partial charge in [-0.05, 0) is 41.5 Å². The third-order valence-electron chi connectivity index (χ3n) is 5.14. The Bertz CT molecular complexity index is 1290. The number of aromatic nitrogens is 2. The lowest BCUT2D eigenvalue weighted by molar-refractivity contribution is -0.121. The number of thiazole rings is 1. The molecule has 7 nitrogen and oxygen atoms in total. The predicted molar refractivity (Wildman–Crippen MR) is 128 cm³/mol. The molecule has 2 unspecified atom stereocenters. The number of aliphatic hydroxyl groups is 2. The predicted octanol–water partition coefficient (Wildman–Crippen LogP) is 4.41. The van der Waals surface area contributed by atoms with Gasteiger partial charge in [0.25, 0.3) is 5.91 Å². The molecule has 9 heteroatoms. The van der Waals surface area contributed by atoms with Gasteiger partial charge >= 0.3 is 0 Å². The van der Waals surface area contributed by atoms with Gasteiger partial charge < -0.3 is 15.3 Å². The fourth-order valence-electron chi connectivity index (χ4n) is 3.53. The maximum Gasteiger partial charge on any atom is 0.255 e. The summed E-state index contributed by atoms with van der Waals surface area (Å²) in [5.74, 6) is -0.592. The summed E-state index contributed by atoms with van der Waals surface area (Å²) in [7, 11) is 0. The summed E-state index contributed by atoms with van der Waals surface area (Å²) in [6, 6.07) is 14.0. The molecule has 0 radical (unpaired) electrons. The van der Waals surface area contributed by atoms with Crippen LogP contribution in [0.3, 0.4) is 0 Å². The Labute approximate surface area is 198 Å². The van der Waals surface area contributed by atoms with Crippen molar-refractivity contribution in [2.24, 2.45) is 0 Å². The number of hydrogen-bond donors (Lipinski definition) is 3. The lowest BCUT2D eigenvalue weighted by Gasteiger charge is -2.33. The number of amides is 1. The Balaban J connectivity index is 1.88. The molecule has 4 rings (SSSR count). The number of aliphatic hydroxyl groups excluding tert-OH is 2. The Hall–Kier alpha value is -3.30. The highest BCUT2D eigenvalue weighted by atomic mass is 35.5. The summed E-state index contributed by atoms with van der Waals surface area (Å²) in [4.78, 5) is 22.9. The molecule has 168 valence electrons. The van der Waals surface area contributed by atoms with Crippen LogP contribution in [0.1, 0.15) is 23.3 Å². The normalized spacial score (nSPS) is 12.9. The number of pyridine rings is 1. The third kappa shape index (κ3) is 4.60. The number of carbonyl (C=O) groups excluding carboxylic acids is 1. The van der Waals surface area contributed by atoms with Crippen molar-refractivity contribution in [2.75, 3.05) is 11.5 Å². The number of carbonyl (C=O) groups is 1. The van der Waals surface area contributed by atoms with Crippen LogP contribution in [0.2, 0.25) is 5.02 Å². The third-order valence-corrected chi connectivity index (χ3v) is 6.46. The van der Waals surface area contributed by atoms with Gasteiger partial charge in [-0.1, -0.05) is 53.8 Å². The summed E-state index contributed by atoms with van der Waals surface area (Å²) in [6.45, 7) is 3.32. The van der Waals surface area contributed by atoms with Gasteiger partial charge in [0.15, 0.2) is 5.13 Å². The van der Waals surface area contributed by atoms with E-state index < -0.39 is 24.7 Å². The van der Waals surface area contributed by atoms with Crippen LogP contribution >= 0.6 is 22.9 Å². The van der Waals surface area contributed by atoms with Crippen LogP contribution in [-0.2, 0) is 4.79 Å². The second-order valence-electron chi connectivity index (χ2n) is 7.26. The molecule has 0 saturated heterocycles. The quantitative estimate of drug-likeness (QED) is 0.338. The average molecular weight is 482 g/mol. The molecule has 0 aliphatic rings. The molecule has 3 N–H and O–H groups in total. The number of para-hydroxylation sites is 1. The number of phenolic OH excluding ortho intramolecular Hbond substituents is 1. The van der Waals surface area contributed by atoms with E-state index >= 15 is 0 Å². The van der Waals surface area contributed by atoms with Crippen LogP contribution in [0, 0.1) is 0 Å². The molecular weight excluding hydrogens is 462 g/mol. The maximum atomic E-state index is 13.0. The van der Waals surface area contributed by atoms with Crippen LogP contribution in [0.15, 0.2) is 79.1 Å². The van der Waals surface area contributed by atoms with Crippen LogP contribution in [-0.4, -0.2) is 37.8 Å². The standard InChI is InChI=1S/C24H20ClN3O4S/c1-14(23(32)16-4-3-11-26-12-16)22(15-7-9-17(30)10-8-15)28(20(31)13-29)24-27-21-18(25)5-2-6-19(21)33-24/h2-12,22-23,29-30,32H,1,13H2.